The van der Waals surface area contributed by atoms with Crippen molar-refractivity contribution in [3.05, 3.63) is 28.6 Å². The molecule has 0 unspecified atom stereocenters. The first-order chi connectivity index (χ1) is 13.0. The number of unbranched alkanes of at least 4 members (excludes halogenated alkanes) is 4. The molecule has 0 aliphatic carbocycles. The van der Waals surface area contributed by atoms with Gasteiger partial charge in [0.1, 0.15) is 0 Å². The summed E-state index contributed by atoms with van der Waals surface area (Å²) in [7, 11) is 0. The number of benzene rings is 1. The zero-order valence-corrected chi connectivity index (χ0v) is 17.2. The van der Waals surface area contributed by atoms with Crippen molar-refractivity contribution >= 4 is 16.6 Å². The largest absolute Gasteiger partial charge is 0.489 e. The number of nitrogen functional groups attached to an aromatic ring is 1. The Bertz CT molecular complexity index is 796. The van der Waals surface area contributed by atoms with Gasteiger partial charge in [0.2, 0.25) is 5.75 Å². The Labute approximate surface area is 162 Å². The van der Waals surface area contributed by atoms with Crippen LogP contribution in [0.4, 0.5) is 5.69 Å². The van der Waals surface area contributed by atoms with Crippen LogP contribution in [0.2, 0.25) is 0 Å². The number of anilines is 1. The number of pyridine rings is 1. The fourth-order valence-corrected chi connectivity index (χ4v) is 3.14. The smallest absolute Gasteiger partial charge is 0.297 e. The first kappa shape index (κ1) is 21.1. The van der Waals surface area contributed by atoms with Gasteiger partial charge in [-0.2, -0.15) is 0 Å². The average molecular weight is 375 g/mol. The second-order valence-corrected chi connectivity index (χ2v) is 7.32. The Morgan fingerprint density at radius 1 is 1.04 bits per heavy atom. The number of hydrogen-bond acceptors (Lipinski definition) is 4. The van der Waals surface area contributed by atoms with Gasteiger partial charge in [0.05, 0.1) is 18.2 Å². The van der Waals surface area contributed by atoms with Gasteiger partial charge in [-0.25, -0.2) is 0 Å². The maximum absolute atomic E-state index is 13.3. The number of fused-ring (bicyclic) bond motifs is 1. The first-order valence-electron chi connectivity index (χ1n) is 10.2. The fourth-order valence-electron chi connectivity index (χ4n) is 3.14. The van der Waals surface area contributed by atoms with Crippen molar-refractivity contribution in [1.82, 2.24) is 4.57 Å². The van der Waals surface area contributed by atoms with Crippen LogP contribution in [-0.4, -0.2) is 17.3 Å². The Balaban J connectivity index is 2.58. The number of aromatic nitrogens is 1. The number of rotatable bonds is 11. The van der Waals surface area contributed by atoms with E-state index in [1.807, 2.05) is 32.0 Å². The predicted molar refractivity (Wildman–Crippen MR) is 113 cm³/mol. The standard InChI is InChI=1S/C22H34N2O3/c1-5-7-9-10-13-24-19-15-17(23)11-12-18(19)20(26-14-8-6-2)21(22(24)25)27-16(3)4/h11-12,15-16H,5-10,13-14,23H2,1-4H3. The first-order valence-corrected chi connectivity index (χ1v) is 10.2. The molecule has 0 aliphatic rings. The highest BCUT2D eigenvalue weighted by atomic mass is 16.5. The topological polar surface area (TPSA) is 66.5 Å². The van der Waals surface area contributed by atoms with E-state index in [-0.39, 0.29) is 11.7 Å². The van der Waals surface area contributed by atoms with E-state index in [1.54, 1.807) is 4.57 Å². The number of hydrogen-bond donors (Lipinski definition) is 1. The van der Waals surface area contributed by atoms with Gasteiger partial charge in [-0.1, -0.05) is 39.5 Å². The van der Waals surface area contributed by atoms with Crippen molar-refractivity contribution in [2.75, 3.05) is 12.3 Å². The summed E-state index contributed by atoms with van der Waals surface area (Å²) in [5.74, 6) is 0.857. The van der Waals surface area contributed by atoms with E-state index in [0.717, 1.165) is 43.0 Å². The van der Waals surface area contributed by atoms with Crippen molar-refractivity contribution in [1.29, 1.82) is 0 Å². The molecule has 0 bridgehead atoms. The molecule has 2 N–H and O–H groups in total. The summed E-state index contributed by atoms with van der Waals surface area (Å²) in [5, 5.41) is 0.881. The molecule has 0 saturated heterocycles. The molecule has 1 aromatic heterocycles. The van der Waals surface area contributed by atoms with Crippen LogP contribution in [-0.2, 0) is 6.54 Å². The van der Waals surface area contributed by atoms with E-state index >= 15 is 0 Å². The van der Waals surface area contributed by atoms with Gasteiger partial charge in [-0.3, -0.25) is 4.79 Å². The Kier molecular flexibility index (Phi) is 8.01. The van der Waals surface area contributed by atoms with E-state index in [1.165, 1.54) is 6.42 Å². The lowest BCUT2D eigenvalue weighted by molar-refractivity contribution is 0.216. The Hall–Kier alpha value is -2.17. The molecule has 2 aromatic rings. The van der Waals surface area contributed by atoms with Gasteiger partial charge in [-0.15, -0.1) is 0 Å². The molecule has 0 atom stereocenters. The van der Waals surface area contributed by atoms with E-state index in [2.05, 4.69) is 13.8 Å². The monoisotopic (exact) mass is 374 g/mol. The quantitative estimate of drug-likeness (QED) is 0.437. The van der Waals surface area contributed by atoms with Gasteiger partial charge in [-0.05, 0) is 44.9 Å². The third-order valence-corrected chi connectivity index (χ3v) is 4.54. The van der Waals surface area contributed by atoms with E-state index in [4.69, 9.17) is 15.2 Å². The molecular weight excluding hydrogens is 340 g/mol. The highest BCUT2D eigenvalue weighted by molar-refractivity contribution is 5.90. The SMILES string of the molecule is CCCCCCn1c(=O)c(OC(C)C)c(OCCCC)c2ccc(N)cc21. The van der Waals surface area contributed by atoms with Crippen molar-refractivity contribution in [3.63, 3.8) is 0 Å². The fraction of sp³-hybridized carbons (Fsp3) is 0.591. The lowest BCUT2D eigenvalue weighted by atomic mass is 10.1. The minimum atomic E-state index is -0.134. The molecule has 1 aromatic carbocycles. The number of ether oxygens (including phenoxy) is 2. The molecule has 0 aliphatic heterocycles. The Morgan fingerprint density at radius 3 is 2.44 bits per heavy atom. The van der Waals surface area contributed by atoms with Crippen molar-refractivity contribution in [3.8, 4) is 11.5 Å². The third kappa shape index (κ3) is 5.41. The van der Waals surface area contributed by atoms with Gasteiger partial charge < -0.3 is 19.8 Å². The molecule has 27 heavy (non-hydrogen) atoms. The summed E-state index contributed by atoms with van der Waals surface area (Å²) in [4.78, 5) is 13.3. The summed E-state index contributed by atoms with van der Waals surface area (Å²) in [6.07, 6.45) is 6.23. The highest BCUT2D eigenvalue weighted by Gasteiger charge is 2.20. The second kappa shape index (κ2) is 10.2. The third-order valence-electron chi connectivity index (χ3n) is 4.54. The van der Waals surface area contributed by atoms with E-state index < -0.39 is 0 Å². The van der Waals surface area contributed by atoms with Gasteiger partial charge in [0.25, 0.3) is 5.56 Å². The molecule has 0 amide bonds. The minimum Gasteiger partial charge on any atom is -0.489 e. The zero-order chi connectivity index (χ0) is 19.8. The van der Waals surface area contributed by atoms with Crippen LogP contribution in [0.25, 0.3) is 10.9 Å². The maximum Gasteiger partial charge on any atom is 0.297 e. The molecular formula is C22H34N2O3. The summed E-state index contributed by atoms with van der Waals surface area (Å²) >= 11 is 0. The van der Waals surface area contributed by atoms with Crippen LogP contribution in [0, 0.1) is 0 Å². The van der Waals surface area contributed by atoms with Crippen molar-refractivity contribution in [2.45, 2.75) is 78.9 Å². The van der Waals surface area contributed by atoms with Crippen LogP contribution in [0.5, 0.6) is 11.5 Å². The molecule has 2 rings (SSSR count). The van der Waals surface area contributed by atoms with E-state index in [9.17, 15) is 4.79 Å². The zero-order valence-electron chi connectivity index (χ0n) is 17.2. The van der Waals surface area contributed by atoms with Crippen LogP contribution < -0.4 is 20.8 Å². The molecule has 0 saturated carbocycles. The summed E-state index contributed by atoms with van der Waals surface area (Å²) in [6.45, 7) is 9.36. The second-order valence-electron chi connectivity index (χ2n) is 7.32. The molecule has 5 heteroatoms. The lowest BCUT2D eigenvalue weighted by Gasteiger charge is -2.20. The molecule has 0 fully saturated rings. The predicted octanol–water partition coefficient (Wildman–Crippen LogP) is 5.13. The van der Waals surface area contributed by atoms with Crippen LogP contribution in [0.3, 0.4) is 0 Å². The normalized spacial score (nSPS) is 11.3. The van der Waals surface area contributed by atoms with Crippen LogP contribution in [0.15, 0.2) is 23.0 Å². The van der Waals surface area contributed by atoms with Crippen LogP contribution in [0.1, 0.15) is 66.2 Å². The highest BCUT2D eigenvalue weighted by Crippen LogP contribution is 2.34. The average Bonchev–Trinajstić information content (AvgIpc) is 2.63. The maximum atomic E-state index is 13.3. The number of aryl methyl sites for hydroxylation is 1. The van der Waals surface area contributed by atoms with Gasteiger partial charge >= 0.3 is 0 Å². The Morgan fingerprint density at radius 2 is 1.78 bits per heavy atom. The van der Waals surface area contributed by atoms with E-state index in [0.29, 0.717) is 30.3 Å². The lowest BCUT2D eigenvalue weighted by Crippen LogP contribution is -2.25. The number of nitrogens with two attached hydrogens (primary N) is 1. The summed E-state index contributed by atoms with van der Waals surface area (Å²) in [6, 6.07) is 5.64. The van der Waals surface area contributed by atoms with Gasteiger partial charge in [0.15, 0.2) is 5.75 Å². The molecule has 1 heterocycles. The molecule has 5 nitrogen and oxygen atoms in total. The molecule has 150 valence electrons. The number of nitrogens with zero attached hydrogens (tertiary/aromatic N) is 1. The molecule has 0 radical (unpaired) electrons. The van der Waals surface area contributed by atoms with Crippen LogP contribution >= 0.6 is 0 Å². The summed E-state index contributed by atoms with van der Waals surface area (Å²) < 4.78 is 13.8. The van der Waals surface area contributed by atoms with Crippen molar-refractivity contribution < 1.29 is 9.47 Å². The van der Waals surface area contributed by atoms with Gasteiger partial charge in [0, 0.05) is 17.6 Å². The minimum absolute atomic E-state index is 0.106. The molecule has 0 spiro atoms. The van der Waals surface area contributed by atoms with Crippen molar-refractivity contribution in [2.24, 2.45) is 0 Å². The summed E-state index contributed by atoms with van der Waals surface area (Å²) in [5.41, 5.74) is 7.35.